The maximum absolute atomic E-state index is 13.1. The van der Waals surface area contributed by atoms with Crippen molar-refractivity contribution in [2.24, 2.45) is 0 Å². The van der Waals surface area contributed by atoms with E-state index in [9.17, 15) is 9.50 Å². The topological polar surface area (TPSA) is 35.9 Å². The Morgan fingerprint density at radius 1 is 1.08 bits per heavy atom. The molecule has 0 saturated carbocycles. The molecule has 0 radical (unpaired) electrons. The van der Waals surface area contributed by atoms with Gasteiger partial charge in [0.15, 0.2) is 0 Å². The molecular formula is C21H27FN2O2. The Balaban J connectivity index is 1.62. The monoisotopic (exact) mass is 358 g/mol. The minimum Gasteiger partial charge on any atom is -0.497 e. The Kier molecular flexibility index (Phi) is 6.61. The molecular weight excluding hydrogens is 331 g/mol. The minimum atomic E-state index is -0.205. The van der Waals surface area contributed by atoms with Gasteiger partial charge in [0.1, 0.15) is 11.6 Å². The second-order valence-electron chi connectivity index (χ2n) is 6.85. The van der Waals surface area contributed by atoms with Crippen LogP contribution >= 0.6 is 0 Å². The Bertz CT molecular complexity index is 693. The van der Waals surface area contributed by atoms with Crippen molar-refractivity contribution in [2.75, 3.05) is 33.4 Å². The summed E-state index contributed by atoms with van der Waals surface area (Å²) in [7, 11) is 1.69. The standard InChI is InChI=1S/C21H27FN2O2/c1-26-21-4-2-3-18(13-21)14-23-10-11-24(20(16-23)9-12-25)15-17-5-7-19(22)8-6-17/h2-8,13,20,25H,9-12,14-16H2,1H3. The Morgan fingerprint density at radius 2 is 1.88 bits per heavy atom. The molecule has 0 amide bonds. The van der Waals surface area contributed by atoms with E-state index >= 15 is 0 Å². The van der Waals surface area contributed by atoms with E-state index in [1.165, 1.54) is 17.7 Å². The van der Waals surface area contributed by atoms with Gasteiger partial charge < -0.3 is 9.84 Å². The molecule has 2 aromatic rings. The van der Waals surface area contributed by atoms with E-state index in [2.05, 4.69) is 21.9 Å². The summed E-state index contributed by atoms with van der Waals surface area (Å²) in [6.07, 6.45) is 0.746. The van der Waals surface area contributed by atoms with E-state index in [-0.39, 0.29) is 12.4 Å². The van der Waals surface area contributed by atoms with Crippen LogP contribution in [0.2, 0.25) is 0 Å². The number of piperazine rings is 1. The van der Waals surface area contributed by atoms with Crippen molar-refractivity contribution in [3.8, 4) is 5.75 Å². The van der Waals surface area contributed by atoms with Gasteiger partial charge >= 0.3 is 0 Å². The summed E-state index contributed by atoms with van der Waals surface area (Å²) < 4.78 is 18.4. The van der Waals surface area contributed by atoms with Crippen molar-refractivity contribution in [3.63, 3.8) is 0 Å². The number of aliphatic hydroxyl groups excluding tert-OH is 1. The molecule has 1 unspecified atom stereocenters. The molecule has 1 aliphatic heterocycles. The van der Waals surface area contributed by atoms with Gasteiger partial charge in [-0.25, -0.2) is 4.39 Å². The first-order valence-corrected chi connectivity index (χ1v) is 9.12. The molecule has 3 rings (SSSR count). The van der Waals surface area contributed by atoms with Crippen molar-refractivity contribution in [1.82, 2.24) is 9.80 Å². The van der Waals surface area contributed by atoms with Crippen molar-refractivity contribution < 1.29 is 14.2 Å². The smallest absolute Gasteiger partial charge is 0.123 e. The third kappa shape index (κ3) is 5.04. The fourth-order valence-corrected chi connectivity index (χ4v) is 3.59. The van der Waals surface area contributed by atoms with Gasteiger partial charge in [0, 0.05) is 45.4 Å². The van der Waals surface area contributed by atoms with E-state index in [1.54, 1.807) is 7.11 Å². The Morgan fingerprint density at radius 3 is 2.62 bits per heavy atom. The van der Waals surface area contributed by atoms with Gasteiger partial charge in [0.05, 0.1) is 7.11 Å². The van der Waals surface area contributed by atoms with Crippen LogP contribution in [0.5, 0.6) is 5.75 Å². The molecule has 0 aromatic heterocycles. The molecule has 0 aliphatic carbocycles. The average Bonchev–Trinajstić information content (AvgIpc) is 2.66. The van der Waals surface area contributed by atoms with Crippen LogP contribution in [0.25, 0.3) is 0 Å². The summed E-state index contributed by atoms with van der Waals surface area (Å²) in [5, 5.41) is 9.47. The molecule has 140 valence electrons. The van der Waals surface area contributed by atoms with Crippen LogP contribution in [0.15, 0.2) is 48.5 Å². The molecule has 1 heterocycles. The molecule has 5 heteroatoms. The van der Waals surface area contributed by atoms with Crippen LogP contribution in [-0.2, 0) is 13.1 Å². The molecule has 0 spiro atoms. The van der Waals surface area contributed by atoms with Gasteiger partial charge in [0.25, 0.3) is 0 Å². The van der Waals surface area contributed by atoms with E-state index in [1.807, 2.05) is 24.3 Å². The number of hydrogen-bond donors (Lipinski definition) is 1. The molecule has 1 aliphatic rings. The second kappa shape index (κ2) is 9.12. The highest BCUT2D eigenvalue weighted by atomic mass is 19.1. The first-order valence-electron chi connectivity index (χ1n) is 9.12. The van der Waals surface area contributed by atoms with Crippen molar-refractivity contribution in [2.45, 2.75) is 25.6 Å². The SMILES string of the molecule is COc1cccc(CN2CCN(Cc3ccc(F)cc3)C(CCO)C2)c1. The zero-order valence-electron chi connectivity index (χ0n) is 15.3. The third-order valence-electron chi connectivity index (χ3n) is 4.99. The number of nitrogens with zero attached hydrogens (tertiary/aromatic N) is 2. The fraction of sp³-hybridized carbons (Fsp3) is 0.429. The van der Waals surface area contributed by atoms with Crippen molar-refractivity contribution in [1.29, 1.82) is 0 Å². The normalized spacial score (nSPS) is 18.8. The van der Waals surface area contributed by atoms with Gasteiger partial charge in [-0.2, -0.15) is 0 Å². The first-order chi connectivity index (χ1) is 12.7. The second-order valence-corrected chi connectivity index (χ2v) is 6.85. The summed E-state index contributed by atoms with van der Waals surface area (Å²) in [6, 6.07) is 15.2. The van der Waals surface area contributed by atoms with Crippen LogP contribution in [0.4, 0.5) is 4.39 Å². The largest absolute Gasteiger partial charge is 0.497 e. The van der Waals surface area contributed by atoms with Crippen LogP contribution in [-0.4, -0.2) is 54.3 Å². The van der Waals surface area contributed by atoms with E-state index in [4.69, 9.17) is 4.74 Å². The molecule has 1 N–H and O–H groups in total. The van der Waals surface area contributed by atoms with Crippen molar-refractivity contribution in [3.05, 3.63) is 65.5 Å². The molecule has 4 nitrogen and oxygen atoms in total. The van der Waals surface area contributed by atoms with Gasteiger partial charge in [-0.1, -0.05) is 24.3 Å². The van der Waals surface area contributed by atoms with Gasteiger partial charge in [-0.15, -0.1) is 0 Å². The average molecular weight is 358 g/mol. The summed E-state index contributed by atoms with van der Waals surface area (Å²) in [4.78, 5) is 4.82. The molecule has 26 heavy (non-hydrogen) atoms. The summed E-state index contributed by atoms with van der Waals surface area (Å²) >= 11 is 0. The number of halogens is 1. The quantitative estimate of drug-likeness (QED) is 0.826. The fourth-order valence-electron chi connectivity index (χ4n) is 3.59. The lowest BCUT2D eigenvalue weighted by Gasteiger charge is -2.41. The molecule has 1 fully saturated rings. The zero-order chi connectivity index (χ0) is 18.4. The minimum absolute atomic E-state index is 0.178. The van der Waals surface area contributed by atoms with E-state index in [0.717, 1.165) is 50.5 Å². The first kappa shape index (κ1) is 18.8. The van der Waals surface area contributed by atoms with Gasteiger partial charge in [-0.3, -0.25) is 9.80 Å². The highest BCUT2D eigenvalue weighted by molar-refractivity contribution is 5.28. The summed E-state index contributed by atoms with van der Waals surface area (Å²) in [5.74, 6) is 0.674. The van der Waals surface area contributed by atoms with E-state index < -0.39 is 0 Å². The maximum atomic E-state index is 13.1. The number of ether oxygens (including phenoxy) is 1. The van der Waals surface area contributed by atoms with Gasteiger partial charge in [-0.05, 0) is 41.8 Å². The number of benzene rings is 2. The predicted molar refractivity (Wildman–Crippen MR) is 101 cm³/mol. The summed E-state index contributed by atoms with van der Waals surface area (Å²) in [5.41, 5.74) is 2.34. The molecule has 0 bridgehead atoms. The lowest BCUT2D eigenvalue weighted by atomic mass is 10.1. The van der Waals surface area contributed by atoms with Crippen LogP contribution in [0.3, 0.4) is 0 Å². The zero-order valence-corrected chi connectivity index (χ0v) is 15.3. The Hall–Kier alpha value is -1.95. The Labute approximate surface area is 154 Å². The van der Waals surface area contributed by atoms with Crippen LogP contribution < -0.4 is 4.74 Å². The lowest BCUT2D eigenvalue weighted by Crippen LogP contribution is -2.52. The molecule has 1 atom stereocenters. The number of aliphatic hydroxyl groups is 1. The number of methoxy groups -OCH3 is 1. The number of hydrogen-bond acceptors (Lipinski definition) is 4. The van der Waals surface area contributed by atoms with Crippen LogP contribution in [0, 0.1) is 5.82 Å². The van der Waals surface area contributed by atoms with E-state index in [0.29, 0.717) is 6.04 Å². The number of rotatable bonds is 7. The summed E-state index contributed by atoms with van der Waals surface area (Å²) in [6.45, 7) is 4.67. The third-order valence-corrected chi connectivity index (χ3v) is 4.99. The lowest BCUT2D eigenvalue weighted by molar-refractivity contribution is 0.0499. The molecule has 1 saturated heterocycles. The highest BCUT2D eigenvalue weighted by Crippen LogP contribution is 2.20. The van der Waals surface area contributed by atoms with Crippen LogP contribution in [0.1, 0.15) is 17.5 Å². The van der Waals surface area contributed by atoms with Gasteiger partial charge in [0.2, 0.25) is 0 Å². The highest BCUT2D eigenvalue weighted by Gasteiger charge is 2.26. The maximum Gasteiger partial charge on any atom is 0.123 e. The molecule has 2 aromatic carbocycles. The predicted octanol–water partition coefficient (Wildman–Crippen LogP) is 2.90. The van der Waals surface area contributed by atoms with Crippen molar-refractivity contribution >= 4 is 0 Å².